The maximum Gasteiger partial charge on any atom is 0.338 e. The molecule has 0 saturated heterocycles. The van der Waals surface area contributed by atoms with Crippen molar-refractivity contribution in [3.63, 3.8) is 0 Å². The summed E-state index contributed by atoms with van der Waals surface area (Å²) in [5.74, 6) is -0.0591. The van der Waals surface area contributed by atoms with E-state index in [4.69, 9.17) is 4.74 Å². The molecule has 1 N–H and O–H groups in total. The minimum Gasteiger partial charge on any atom is -0.451 e. The largest absolute Gasteiger partial charge is 0.451 e. The number of rotatable bonds is 3. The molecule has 1 atom stereocenters. The second kappa shape index (κ2) is 6.16. The Bertz CT molecular complexity index is 1020. The topological polar surface area (TPSA) is 72.0 Å². The van der Waals surface area contributed by atoms with Gasteiger partial charge in [0.05, 0.1) is 16.5 Å². The number of hydrogen-bond acceptors (Lipinski definition) is 4. The Morgan fingerprint density at radius 3 is 2.84 bits per heavy atom. The van der Waals surface area contributed by atoms with E-state index in [2.05, 4.69) is 9.97 Å². The average molecular weight is 334 g/mol. The fourth-order valence-electron chi connectivity index (χ4n) is 3.28. The number of para-hydroxylation sites is 1. The van der Waals surface area contributed by atoms with Gasteiger partial charge in [0.1, 0.15) is 0 Å². The Balaban J connectivity index is 1.58. The molecule has 2 aromatic carbocycles. The molecule has 0 spiro atoms. The predicted molar refractivity (Wildman–Crippen MR) is 94.7 cm³/mol. The first kappa shape index (κ1) is 15.6. The van der Waals surface area contributed by atoms with E-state index in [1.54, 1.807) is 31.2 Å². The van der Waals surface area contributed by atoms with Crippen molar-refractivity contribution < 1.29 is 9.53 Å². The number of H-pyrrole nitrogens is 1. The van der Waals surface area contributed by atoms with Crippen LogP contribution in [0, 0.1) is 0 Å². The summed E-state index contributed by atoms with van der Waals surface area (Å²) in [6, 6.07) is 12.8. The molecule has 0 bridgehead atoms. The highest BCUT2D eigenvalue weighted by Crippen LogP contribution is 2.24. The summed E-state index contributed by atoms with van der Waals surface area (Å²) >= 11 is 0. The molecule has 3 aromatic rings. The maximum atomic E-state index is 12.4. The SMILES string of the molecule is C[C@H](OC(=O)c1ccc2c(c1)CCC2)c1nc2ccccc2c(=O)[nH]1. The van der Waals surface area contributed by atoms with Crippen LogP contribution < -0.4 is 5.56 Å². The molecule has 0 saturated carbocycles. The fraction of sp³-hybridized carbons (Fsp3) is 0.250. The van der Waals surface area contributed by atoms with Crippen LogP contribution in [0.2, 0.25) is 0 Å². The molecule has 1 heterocycles. The summed E-state index contributed by atoms with van der Waals surface area (Å²) in [7, 11) is 0. The number of nitrogens with one attached hydrogen (secondary N) is 1. The molecule has 4 rings (SSSR count). The molecule has 25 heavy (non-hydrogen) atoms. The maximum absolute atomic E-state index is 12.4. The number of aromatic amines is 1. The Morgan fingerprint density at radius 2 is 1.96 bits per heavy atom. The van der Waals surface area contributed by atoms with Crippen LogP contribution in [-0.4, -0.2) is 15.9 Å². The zero-order valence-corrected chi connectivity index (χ0v) is 13.9. The van der Waals surface area contributed by atoms with Crippen molar-refractivity contribution in [1.82, 2.24) is 9.97 Å². The van der Waals surface area contributed by atoms with Crippen molar-refractivity contribution in [3.05, 3.63) is 75.3 Å². The number of hydrogen-bond donors (Lipinski definition) is 1. The van der Waals surface area contributed by atoms with Gasteiger partial charge in [-0.2, -0.15) is 0 Å². The summed E-state index contributed by atoms with van der Waals surface area (Å²) in [6.45, 7) is 1.71. The second-order valence-corrected chi connectivity index (χ2v) is 6.35. The molecule has 1 aliphatic carbocycles. The van der Waals surface area contributed by atoms with E-state index >= 15 is 0 Å². The number of esters is 1. The first-order chi connectivity index (χ1) is 12.1. The molecule has 126 valence electrons. The van der Waals surface area contributed by atoms with Crippen molar-refractivity contribution >= 4 is 16.9 Å². The van der Waals surface area contributed by atoms with Crippen molar-refractivity contribution in [1.29, 1.82) is 0 Å². The molecule has 0 fully saturated rings. The van der Waals surface area contributed by atoms with Crippen molar-refractivity contribution in [2.75, 3.05) is 0 Å². The third kappa shape index (κ3) is 2.93. The van der Waals surface area contributed by atoms with Crippen molar-refractivity contribution in [2.24, 2.45) is 0 Å². The fourth-order valence-corrected chi connectivity index (χ4v) is 3.28. The van der Waals surface area contributed by atoms with Gasteiger partial charge in [0.25, 0.3) is 5.56 Å². The van der Waals surface area contributed by atoms with Crippen LogP contribution in [0.25, 0.3) is 10.9 Å². The summed E-state index contributed by atoms with van der Waals surface area (Å²) in [5.41, 5.74) is 3.42. The first-order valence-corrected chi connectivity index (χ1v) is 8.43. The van der Waals surface area contributed by atoms with Gasteiger partial charge in [-0.05, 0) is 61.6 Å². The molecule has 1 aliphatic rings. The zero-order chi connectivity index (χ0) is 17.4. The summed E-state index contributed by atoms with van der Waals surface area (Å²) in [5, 5.41) is 0.517. The zero-order valence-electron chi connectivity index (χ0n) is 13.9. The van der Waals surface area contributed by atoms with Crippen LogP contribution in [-0.2, 0) is 17.6 Å². The van der Waals surface area contributed by atoms with Gasteiger partial charge >= 0.3 is 5.97 Å². The van der Waals surface area contributed by atoms with Gasteiger partial charge in [-0.15, -0.1) is 0 Å². The van der Waals surface area contributed by atoms with Crippen molar-refractivity contribution in [2.45, 2.75) is 32.3 Å². The van der Waals surface area contributed by atoms with Crippen LogP contribution >= 0.6 is 0 Å². The molecule has 0 amide bonds. The van der Waals surface area contributed by atoms with Gasteiger partial charge in [0, 0.05) is 0 Å². The van der Waals surface area contributed by atoms with Gasteiger partial charge in [-0.1, -0.05) is 18.2 Å². The van der Waals surface area contributed by atoms with E-state index in [-0.39, 0.29) is 5.56 Å². The van der Waals surface area contributed by atoms with Gasteiger partial charge in [-0.3, -0.25) is 4.79 Å². The van der Waals surface area contributed by atoms with Crippen LogP contribution in [0.15, 0.2) is 47.3 Å². The molecule has 0 radical (unpaired) electrons. The number of aromatic nitrogens is 2. The minimum absolute atomic E-state index is 0.235. The predicted octanol–water partition coefficient (Wildman–Crippen LogP) is 3.33. The number of benzene rings is 2. The quantitative estimate of drug-likeness (QED) is 0.746. The van der Waals surface area contributed by atoms with E-state index in [1.165, 1.54) is 11.1 Å². The Hall–Kier alpha value is -2.95. The van der Waals surface area contributed by atoms with Crippen LogP contribution in [0.4, 0.5) is 0 Å². The third-order valence-corrected chi connectivity index (χ3v) is 4.63. The minimum atomic E-state index is -0.641. The molecule has 0 aliphatic heterocycles. The molecule has 0 unspecified atom stereocenters. The number of carbonyl (C=O) groups is 1. The van der Waals surface area contributed by atoms with Crippen LogP contribution in [0.1, 0.15) is 46.8 Å². The molecule has 5 heteroatoms. The monoisotopic (exact) mass is 334 g/mol. The Labute approximate surface area is 144 Å². The molecule has 1 aromatic heterocycles. The van der Waals surface area contributed by atoms with E-state index < -0.39 is 12.1 Å². The molecule has 5 nitrogen and oxygen atoms in total. The van der Waals surface area contributed by atoms with Gasteiger partial charge in [0.2, 0.25) is 0 Å². The van der Waals surface area contributed by atoms with E-state index in [0.29, 0.717) is 22.3 Å². The Kier molecular flexibility index (Phi) is 3.84. The molecular formula is C20H18N2O3. The average Bonchev–Trinajstić information content (AvgIpc) is 3.09. The van der Waals surface area contributed by atoms with Gasteiger partial charge < -0.3 is 9.72 Å². The summed E-state index contributed by atoms with van der Waals surface area (Å²) in [6.07, 6.45) is 2.57. The summed E-state index contributed by atoms with van der Waals surface area (Å²) < 4.78 is 5.51. The lowest BCUT2D eigenvalue weighted by Crippen LogP contribution is -2.17. The van der Waals surface area contributed by atoms with Gasteiger partial charge in [0.15, 0.2) is 11.9 Å². The number of ether oxygens (including phenoxy) is 1. The Morgan fingerprint density at radius 1 is 1.16 bits per heavy atom. The van der Waals surface area contributed by atoms with Gasteiger partial charge in [-0.25, -0.2) is 9.78 Å². The van der Waals surface area contributed by atoms with Crippen LogP contribution in [0.3, 0.4) is 0 Å². The van der Waals surface area contributed by atoms with Crippen LogP contribution in [0.5, 0.6) is 0 Å². The summed E-state index contributed by atoms with van der Waals surface area (Å²) in [4.78, 5) is 31.7. The first-order valence-electron chi connectivity index (χ1n) is 8.43. The lowest BCUT2D eigenvalue weighted by molar-refractivity contribution is 0.0320. The van der Waals surface area contributed by atoms with E-state index in [0.717, 1.165) is 19.3 Å². The molecular weight excluding hydrogens is 316 g/mol. The lowest BCUT2D eigenvalue weighted by atomic mass is 10.1. The normalized spacial score (nSPS) is 14.3. The number of aryl methyl sites for hydroxylation is 2. The number of fused-ring (bicyclic) bond motifs is 2. The number of nitrogens with zero attached hydrogens (tertiary/aromatic N) is 1. The standard InChI is InChI=1S/C20H18N2O3/c1-12(18-21-17-8-3-2-7-16(17)19(23)22-18)25-20(24)15-10-9-13-5-4-6-14(13)11-15/h2-3,7-12H,4-6H2,1H3,(H,21,22,23)/t12-/m0/s1. The third-order valence-electron chi connectivity index (χ3n) is 4.63. The smallest absolute Gasteiger partial charge is 0.338 e. The second-order valence-electron chi connectivity index (χ2n) is 6.35. The highest BCUT2D eigenvalue weighted by molar-refractivity contribution is 5.90. The van der Waals surface area contributed by atoms with E-state index in [1.807, 2.05) is 18.2 Å². The van der Waals surface area contributed by atoms with Crippen molar-refractivity contribution in [3.8, 4) is 0 Å². The number of carbonyl (C=O) groups excluding carboxylic acids is 1. The highest BCUT2D eigenvalue weighted by Gasteiger charge is 2.19. The van der Waals surface area contributed by atoms with E-state index in [9.17, 15) is 9.59 Å². The lowest BCUT2D eigenvalue weighted by Gasteiger charge is -2.13. The highest BCUT2D eigenvalue weighted by atomic mass is 16.5.